The third kappa shape index (κ3) is 2.94. The summed E-state index contributed by atoms with van der Waals surface area (Å²) in [5.74, 6) is 0.137. The number of hydrogen-bond acceptors (Lipinski definition) is 1. The van der Waals surface area contributed by atoms with Gasteiger partial charge in [-0.25, -0.2) is 0 Å². The van der Waals surface area contributed by atoms with Crippen LogP contribution in [-0.4, -0.2) is 28.7 Å². The van der Waals surface area contributed by atoms with Gasteiger partial charge in [0.15, 0.2) is 0 Å². The van der Waals surface area contributed by atoms with Crippen LogP contribution in [0.1, 0.15) is 33.3 Å². The Balaban J connectivity index is 3.03. The monoisotopic (exact) mass is 311 g/mol. The van der Waals surface area contributed by atoms with Gasteiger partial charge in [0.05, 0.1) is 5.41 Å². The third-order valence-electron chi connectivity index (χ3n) is 3.57. The summed E-state index contributed by atoms with van der Waals surface area (Å²) in [4.78, 5) is 14.5. The van der Waals surface area contributed by atoms with Gasteiger partial charge >= 0.3 is 0 Å². The molecule has 0 unspecified atom stereocenters. The van der Waals surface area contributed by atoms with Crippen molar-refractivity contribution in [1.82, 2.24) is 4.90 Å². The second-order valence-electron chi connectivity index (χ2n) is 5.80. The number of rotatable bonds is 4. The highest BCUT2D eigenvalue weighted by Gasteiger charge is 2.37. The van der Waals surface area contributed by atoms with E-state index in [2.05, 4.69) is 29.8 Å². The standard InChI is InChI=1S/C15H22BrNO/c1-14(2,11-16)17(5)13(18)15(3,4)12-9-7-6-8-10-12/h6-10H,11H2,1-5H3. The summed E-state index contributed by atoms with van der Waals surface area (Å²) in [6, 6.07) is 9.93. The first-order valence-electron chi connectivity index (χ1n) is 6.13. The van der Waals surface area contributed by atoms with Crippen molar-refractivity contribution in [3.63, 3.8) is 0 Å². The second kappa shape index (κ2) is 5.43. The molecule has 0 saturated heterocycles. The Labute approximate surface area is 119 Å². The molecule has 0 fully saturated rings. The molecule has 0 spiro atoms. The van der Waals surface area contributed by atoms with Gasteiger partial charge in [0.2, 0.25) is 5.91 Å². The zero-order chi connectivity index (χ0) is 14.0. The number of carbonyl (C=O) groups excluding carboxylic acids is 1. The van der Waals surface area contributed by atoms with Crippen molar-refractivity contribution in [3.8, 4) is 0 Å². The lowest BCUT2D eigenvalue weighted by atomic mass is 9.82. The quantitative estimate of drug-likeness (QED) is 0.778. The Morgan fingerprint density at radius 2 is 1.67 bits per heavy atom. The number of likely N-dealkylation sites (N-methyl/N-ethyl adjacent to an activating group) is 1. The maximum absolute atomic E-state index is 12.7. The minimum atomic E-state index is -0.505. The van der Waals surface area contributed by atoms with Crippen LogP contribution >= 0.6 is 15.9 Å². The fourth-order valence-electron chi connectivity index (χ4n) is 1.76. The summed E-state index contributed by atoms with van der Waals surface area (Å²) in [5, 5.41) is 0.757. The summed E-state index contributed by atoms with van der Waals surface area (Å²) in [6.07, 6.45) is 0. The van der Waals surface area contributed by atoms with Crippen LogP contribution in [0, 0.1) is 0 Å². The molecular weight excluding hydrogens is 290 g/mol. The van der Waals surface area contributed by atoms with E-state index >= 15 is 0 Å². The molecule has 0 aliphatic rings. The van der Waals surface area contributed by atoms with Gasteiger partial charge in [-0.15, -0.1) is 0 Å². The van der Waals surface area contributed by atoms with E-state index in [-0.39, 0.29) is 11.4 Å². The zero-order valence-corrected chi connectivity index (χ0v) is 13.4. The number of carbonyl (C=O) groups is 1. The molecule has 1 aromatic carbocycles. The molecule has 1 rings (SSSR count). The molecule has 0 heterocycles. The first-order valence-corrected chi connectivity index (χ1v) is 7.25. The fraction of sp³-hybridized carbons (Fsp3) is 0.533. The Morgan fingerprint density at radius 1 is 1.17 bits per heavy atom. The average Bonchev–Trinajstić information content (AvgIpc) is 2.37. The molecule has 18 heavy (non-hydrogen) atoms. The predicted octanol–water partition coefficient (Wildman–Crippen LogP) is 3.60. The van der Waals surface area contributed by atoms with Gasteiger partial charge in [-0.05, 0) is 33.3 Å². The van der Waals surface area contributed by atoms with Gasteiger partial charge in [0, 0.05) is 17.9 Å². The van der Waals surface area contributed by atoms with E-state index in [0.29, 0.717) is 0 Å². The van der Waals surface area contributed by atoms with Gasteiger partial charge in [-0.2, -0.15) is 0 Å². The topological polar surface area (TPSA) is 20.3 Å². The molecule has 1 aromatic rings. The molecule has 3 heteroatoms. The first-order chi connectivity index (χ1) is 8.23. The molecule has 0 N–H and O–H groups in total. The minimum absolute atomic E-state index is 0.137. The molecule has 0 atom stereocenters. The molecule has 0 aliphatic heterocycles. The largest absolute Gasteiger partial charge is 0.339 e. The number of benzene rings is 1. The third-order valence-corrected chi connectivity index (χ3v) is 4.94. The number of amides is 1. The van der Waals surface area contributed by atoms with Crippen LogP contribution in [0.2, 0.25) is 0 Å². The van der Waals surface area contributed by atoms with Crippen LogP contribution in [0.5, 0.6) is 0 Å². The van der Waals surface area contributed by atoms with Crippen LogP contribution in [0.4, 0.5) is 0 Å². The van der Waals surface area contributed by atoms with Crippen molar-refractivity contribution in [2.75, 3.05) is 12.4 Å². The van der Waals surface area contributed by atoms with E-state index in [1.54, 1.807) is 0 Å². The van der Waals surface area contributed by atoms with Crippen LogP contribution < -0.4 is 0 Å². The summed E-state index contributed by atoms with van der Waals surface area (Å²) in [6.45, 7) is 8.07. The van der Waals surface area contributed by atoms with E-state index in [1.165, 1.54) is 0 Å². The molecule has 2 nitrogen and oxygen atoms in total. The number of nitrogens with zero attached hydrogens (tertiary/aromatic N) is 1. The maximum Gasteiger partial charge on any atom is 0.232 e. The Kier molecular flexibility index (Phi) is 4.60. The van der Waals surface area contributed by atoms with Crippen molar-refractivity contribution in [2.24, 2.45) is 0 Å². The molecular formula is C15H22BrNO. The lowest BCUT2D eigenvalue weighted by molar-refractivity contribution is -0.139. The molecule has 0 aromatic heterocycles. The van der Waals surface area contributed by atoms with Crippen LogP contribution in [0.3, 0.4) is 0 Å². The lowest BCUT2D eigenvalue weighted by Crippen LogP contribution is -2.52. The average molecular weight is 312 g/mol. The van der Waals surface area contributed by atoms with Gasteiger partial charge in [0.25, 0.3) is 0 Å². The number of alkyl halides is 1. The Bertz CT molecular complexity index is 412. The Morgan fingerprint density at radius 3 is 2.11 bits per heavy atom. The van der Waals surface area contributed by atoms with Crippen molar-refractivity contribution in [3.05, 3.63) is 35.9 Å². The maximum atomic E-state index is 12.7. The zero-order valence-electron chi connectivity index (χ0n) is 11.8. The summed E-state index contributed by atoms with van der Waals surface area (Å²) in [5.41, 5.74) is 0.353. The molecule has 100 valence electrons. The normalized spacial score (nSPS) is 12.3. The highest BCUT2D eigenvalue weighted by atomic mass is 79.9. The van der Waals surface area contributed by atoms with Crippen LogP contribution in [0.25, 0.3) is 0 Å². The van der Waals surface area contributed by atoms with Crippen molar-refractivity contribution in [1.29, 1.82) is 0 Å². The number of halogens is 1. The van der Waals surface area contributed by atoms with E-state index in [0.717, 1.165) is 10.9 Å². The summed E-state index contributed by atoms with van der Waals surface area (Å²) < 4.78 is 0. The van der Waals surface area contributed by atoms with Crippen molar-refractivity contribution >= 4 is 21.8 Å². The van der Waals surface area contributed by atoms with E-state index in [9.17, 15) is 4.79 Å². The van der Waals surface area contributed by atoms with Crippen molar-refractivity contribution < 1.29 is 4.79 Å². The highest BCUT2D eigenvalue weighted by molar-refractivity contribution is 9.09. The predicted molar refractivity (Wildman–Crippen MR) is 80.1 cm³/mol. The van der Waals surface area contributed by atoms with E-state index in [1.807, 2.05) is 56.1 Å². The molecule has 0 aliphatic carbocycles. The summed E-state index contributed by atoms with van der Waals surface area (Å²) in [7, 11) is 1.87. The van der Waals surface area contributed by atoms with E-state index < -0.39 is 5.41 Å². The lowest BCUT2D eigenvalue weighted by Gasteiger charge is -2.39. The molecule has 0 bridgehead atoms. The van der Waals surface area contributed by atoms with Gasteiger partial charge in [-0.1, -0.05) is 46.3 Å². The fourth-order valence-corrected chi connectivity index (χ4v) is 2.14. The minimum Gasteiger partial charge on any atom is -0.339 e. The molecule has 0 saturated carbocycles. The highest BCUT2D eigenvalue weighted by Crippen LogP contribution is 2.28. The smallest absolute Gasteiger partial charge is 0.232 e. The van der Waals surface area contributed by atoms with Crippen molar-refractivity contribution in [2.45, 2.75) is 38.6 Å². The number of hydrogen-bond donors (Lipinski definition) is 0. The van der Waals surface area contributed by atoms with Gasteiger partial charge < -0.3 is 4.90 Å². The van der Waals surface area contributed by atoms with E-state index in [4.69, 9.17) is 0 Å². The van der Waals surface area contributed by atoms with Gasteiger partial charge in [-0.3, -0.25) is 4.79 Å². The second-order valence-corrected chi connectivity index (χ2v) is 6.36. The summed E-state index contributed by atoms with van der Waals surface area (Å²) >= 11 is 3.47. The first kappa shape index (κ1) is 15.2. The molecule has 1 amide bonds. The SMILES string of the molecule is CN(C(=O)C(C)(C)c1ccccc1)C(C)(C)CBr. The van der Waals surface area contributed by atoms with Crippen LogP contribution in [-0.2, 0) is 10.2 Å². The molecule has 0 radical (unpaired) electrons. The van der Waals surface area contributed by atoms with Crippen LogP contribution in [0.15, 0.2) is 30.3 Å². The Hall–Kier alpha value is -0.830. The van der Waals surface area contributed by atoms with Gasteiger partial charge in [0.1, 0.15) is 0 Å².